The molecule has 0 fully saturated rings. The number of likely N-dealkylation sites (N-methyl/N-ethyl adjacent to an activating group) is 1. The molecule has 246 valence electrons. The van der Waals surface area contributed by atoms with E-state index in [0.717, 1.165) is 25.9 Å². The maximum Gasteiger partial charge on any atom is 0.209 e. The van der Waals surface area contributed by atoms with Crippen LogP contribution in [0, 0.1) is 13.8 Å². The van der Waals surface area contributed by atoms with E-state index < -0.39 is 0 Å². The number of nitrogens with zero attached hydrogens (tertiary/aromatic N) is 3. The van der Waals surface area contributed by atoms with Crippen LogP contribution < -0.4 is 9.80 Å². The molecule has 0 amide bonds. The van der Waals surface area contributed by atoms with Crippen LogP contribution in [0.4, 0.5) is 22.7 Å². The molecule has 0 saturated heterocycles. The summed E-state index contributed by atoms with van der Waals surface area (Å²) in [6, 6.07) is 34.2. The van der Waals surface area contributed by atoms with E-state index in [2.05, 4.69) is 178 Å². The van der Waals surface area contributed by atoms with Crippen LogP contribution in [0.25, 0.3) is 0 Å². The fourth-order valence-electron chi connectivity index (χ4n) is 8.98. The van der Waals surface area contributed by atoms with Gasteiger partial charge < -0.3 is 9.80 Å². The summed E-state index contributed by atoms with van der Waals surface area (Å²) in [6.07, 6.45) is 11.7. The molecule has 0 aromatic heterocycles. The summed E-state index contributed by atoms with van der Waals surface area (Å²) in [6.45, 7) is 18.0. The number of para-hydroxylation sites is 1. The molecule has 0 saturated carbocycles. The average molecular weight is 643 g/mol. The molecule has 0 spiro atoms. The maximum atomic E-state index is 2.53. The Morgan fingerprint density at radius 2 is 1.47 bits per heavy atom. The summed E-state index contributed by atoms with van der Waals surface area (Å²) in [5, 5.41) is 0. The molecule has 4 aliphatic rings. The molecule has 3 aliphatic heterocycles. The van der Waals surface area contributed by atoms with Gasteiger partial charge in [-0.15, -0.1) is 0 Å². The van der Waals surface area contributed by atoms with Crippen molar-refractivity contribution < 1.29 is 4.58 Å². The molecule has 3 heterocycles. The SMILES string of the molecule is CCN1/C2=C/C=C3\CCC(/C=C/C4=[N+](CC)c5ccc(C)cc5C4(C)C)=C3N(c3ccccc3)c3cccc(c3)C2(C)c2cc(C)ccc21. The van der Waals surface area contributed by atoms with Crippen LogP contribution in [-0.4, -0.2) is 23.4 Å². The average Bonchev–Trinajstić information content (AvgIpc) is 3.68. The van der Waals surface area contributed by atoms with E-state index in [4.69, 9.17) is 0 Å². The van der Waals surface area contributed by atoms with E-state index >= 15 is 0 Å². The number of benzene rings is 4. The first kappa shape index (κ1) is 31.4. The summed E-state index contributed by atoms with van der Waals surface area (Å²) in [5.74, 6) is 0. The van der Waals surface area contributed by atoms with Gasteiger partial charge in [-0.25, -0.2) is 0 Å². The van der Waals surface area contributed by atoms with Gasteiger partial charge in [0.15, 0.2) is 5.71 Å². The van der Waals surface area contributed by atoms with Crippen LogP contribution in [0.1, 0.15) is 75.3 Å². The van der Waals surface area contributed by atoms with Gasteiger partial charge in [0.1, 0.15) is 6.54 Å². The third-order valence-electron chi connectivity index (χ3n) is 11.5. The topological polar surface area (TPSA) is 9.49 Å². The molecule has 3 heteroatoms. The fraction of sp³-hybridized carbons (Fsp3) is 0.283. The number of anilines is 3. The smallest absolute Gasteiger partial charge is 0.209 e. The summed E-state index contributed by atoms with van der Waals surface area (Å²) in [7, 11) is 0. The van der Waals surface area contributed by atoms with Crippen molar-refractivity contribution in [3.05, 3.63) is 166 Å². The highest BCUT2D eigenvalue weighted by Crippen LogP contribution is 2.54. The van der Waals surface area contributed by atoms with E-state index in [9.17, 15) is 0 Å². The van der Waals surface area contributed by atoms with Crippen molar-refractivity contribution in [2.24, 2.45) is 0 Å². The van der Waals surface area contributed by atoms with E-state index in [1.54, 1.807) is 0 Å². The van der Waals surface area contributed by atoms with Gasteiger partial charge in [-0.2, -0.15) is 4.58 Å². The Hall–Kier alpha value is -4.89. The molecule has 0 N–H and O–H groups in total. The van der Waals surface area contributed by atoms with Crippen molar-refractivity contribution in [3.8, 4) is 0 Å². The predicted molar refractivity (Wildman–Crippen MR) is 207 cm³/mol. The Labute approximate surface area is 292 Å². The van der Waals surface area contributed by atoms with E-state index in [1.807, 2.05) is 0 Å². The molecule has 2 bridgehead atoms. The fourth-order valence-corrected chi connectivity index (χ4v) is 8.98. The lowest BCUT2D eigenvalue weighted by atomic mass is 9.74. The first-order chi connectivity index (χ1) is 23.7. The third kappa shape index (κ3) is 4.73. The van der Waals surface area contributed by atoms with Crippen molar-refractivity contribution >= 4 is 28.5 Å². The predicted octanol–water partition coefficient (Wildman–Crippen LogP) is 11.1. The van der Waals surface area contributed by atoms with Crippen LogP contribution in [0.3, 0.4) is 0 Å². The highest BCUT2D eigenvalue weighted by molar-refractivity contribution is 6.03. The first-order valence-corrected chi connectivity index (χ1v) is 18.1. The van der Waals surface area contributed by atoms with Crippen LogP contribution >= 0.6 is 0 Å². The zero-order chi connectivity index (χ0) is 34.1. The molecule has 3 nitrogen and oxygen atoms in total. The monoisotopic (exact) mass is 642 g/mol. The second kappa shape index (κ2) is 11.6. The summed E-state index contributed by atoms with van der Waals surface area (Å²) in [5.41, 5.74) is 18.3. The van der Waals surface area contributed by atoms with E-state index in [1.165, 1.54) is 78.8 Å². The van der Waals surface area contributed by atoms with Gasteiger partial charge in [0, 0.05) is 47.0 Å². The summed E-state index contributed by atoms with van der Waals surface area (Å²) in [4.78, 5) is 5.06. The highest BCUT2D eigenvalue weighted by atomic mass is 15.2. The molecule has 0 radical (unpaired) electrons. The van der Waals surface area contributed by atoms with Crippen LogP contribution in [-0.2, 0) is 10.8 Å². The molecule has 1 unspecified atom stereocenters. The Morgan fingerprint density at radius 3 is 2.22 bits per heavy atom. The molecule has 4 aromatic carbocycles. The first-order valence-electron chi connectivity index (χ1n) is 18.1. The number of fused-ring (bicyclic) bond motifs is 8. The maximum absolute atomic E-state index is 2.53. The van der Waals surface area contributed by atoms with Crippen molar-refractivity contribution in [1.82, 2.24) is 0 Å². The Kier molecular flexibility index (Phi) is 7.44. The Balaban J connectivity index is 1.35. The molecule has 1 aliphatic carbocycles. The zero-order valence-electron chi connectivity index (χ0n) is 30.1. The van der Waals surface area contributed by atoms with Crippen LogP contribution in [0.15, 0.2) is 138 Å². The Bertz CT molecular complexity index is 2160. The third-order valence-corrected chi connectivity index (χ3v) is 11.5. The largest absolute Gasteiger partial charge is 0.344 e. The van der Waals surface area contributed by atoms with Gasteiger partial charge >= 0.3 is 0 Å². The second-order valence-electron chi connectivity index (χ2n) is 14.8. The van der Waals surface area contributed by atoms with Crippen molar-refractivity contribution in [1.29, 1.82) is 0 Å². The van der Waals surface area contributed by atoms with Crippen LogP contribution in [0.5, 0.6) is 0 Å². The molecular weight excluding hydrogens is 595 g/mol. The van der Waals surface area contributed by atoms with E-state index in [-0.39, 0.29) is 10.8 Å². The van der Waals surface area contributed by atoms with E-state index in [0.29, 0.717) is 0 Å². The standard InChI is InChI=1S/C46H48N3/c1-8-47-40-24-18-31(3)28-38(40)45(5,6)42(47)26-22-33-20-21-34-23-27-43-46(7,39-29-32(4)19-25-41(39)48(43)9-2)35-14-13-17-37(30-35)49(44(33)34)36-15-11-10-12-16-36/h10-19,22-30H,8-9,20-21H2,1-7H3/q+1. The summed E-state index contributed by atoms with van der Waals surface area (Å²) >= 11 is 0. The minimum Gasteiger partial charge on any atom is -0.344 e. The zero-order valence-corrected chi connectivity index (χ0v) is 30.1. The highest BCUT2D eigenvalue weighted by Gasteiger charge is 2.46. The van der Waals surface area contributed by atoms with Gasteiger partial charge in [-0.3, -0.25) is 0 Å². The van der Waals surface area contributed by atoms with Crippen molar-refractivity contribution in [3.63, 3.8) is 0 Å². The lowest BCUT2D eigenvalue weighted by Crippen LogP contribution is -2.30. The quantitative estimate of drug-likeness (QED) is 0.200. The summed E-state index contributed by atoms with van der Waals surface area (Å²) < 4.78 is 2.51. The van der Waals surface area contributed by atoms with Gasteiger partial charge in [-0.05, 0) is 126 Å². The van der Waals surface area contributed by atoms with Crippen molar-refractivity contribution in [2.75, 3.05) is 22.9 Å². The number of hydrogen-bond acceptors (Lipinski definition) is 2. The Morgan fingerprint density at radius 1 is 0.735 bits per heavy atom. The number of allylic oxidation sites excluding steroid dienone is 7. The number of hydrogen-bond donors (Lipinski definition) is 0. The van der Waals surface area contributed by atoms with Crippen LogP contribution in [0.2, 0.25) is 0 Å². The minimum atomic E-state index is -0.267. The van der Waals surface area contributed by atoms with Gasteiger partial charge in [0.2, 0.25) is 5.69 Å². The van der Waals surface area contributed by atoms with Gasteiger partial charge in [0.25, 0.3) is 0 Å². The minimum absolute atomic E-state index is 0.0749. The van der Waals surface area contributed by atoms with Crippen molar-refractivity contribution in [2.45, 2.75) is 72.1 Å². The normalized spacial score (nSPS) is 22.8. The lowest BCUT2D eigenvalue weighted by molar-refractivity contribution is -0.433. The molecule has 4 aromatic rings. The number of rotatable bonds is 5. The number of aryl methyl sites for hydroxylation is 2. The molecule has 1 atom stereocenters. The van der Waals surface area contributed by atoms with Gasteiger partial charge in [0.05, 0.1) is 16.5 Å². The van der Waals surface area contributed by atoms with Gasteiger partial charge in [-0.1, -0.05) is 71.8 Å². The lowest BCUT2D eigenvalue weighted by Gasteiger charge is -2.34. The molecule has 8 rings (SSSR count). The molecular formula is C46H48N3+. The molecule has 49 heavy (non-hydrogen) atoms. The second-order valence-corrected chi connectivity index (χ2v) is 14.8.